The molecule has 4 heteroatoms. The molecule has 0 spiro atoms. The van der Waals surface area contributed by atoms with E-state index in [4.69, 9.17) is 11.6 Å². The molecule has 0 bridgehead atoms. The Hall–Kier alpha value is -1.06. The Balaban J connectivity index is 2.35. The number of benzene rings is 1. The summed E-state index contributed by atoms with van der Waals surface area (Å²) in [6, 6.07) is 8.30. The van der Waals surface area contributed by atoms with Crippen molar-refractivity contribution in [2.45, 2.75) is 19.9 Å². The normalized spacial score (nSPS) is 12.6. The molecule has 1 aromatic heterocycles. The second kappa shape index (κ2) is 5.07. The molecular formula is C13H14ClNOS. The van der Waals surface area contributed by atoms with Gasteiger partial charge in [-0.25, -0.2) is 0 Å². The Morgan fingerprint density at radius 2 is 2.18 bits per heavy atom. The molecule has 0 aliphatic heterocycles. The van der Waals surface area contributed by atoms with Crippen LogP contribution < -0.4 is 5.32 Å². The fourth-order valence-electron chi connectivity index (χ4n) is 1.95. The van der Waals surface area contributed by atoms with E-state index < -0.39 is 0 Å². The van der Waals surface area contributed by atoms with Crippen molar-refractivity contribution in [2.24, 2.45) is 0 Å². The van der Waals surface area contributed by atoms with E-state index in [1.165, 1.54) is 20.5 Å². The maximum atomic E-state index is 11.3. The average Bonchev–Trinajstić information content (AvgIpc) is 2.67. The number of alkyl halides is 1. The van der Waals surface area contributed by atoms with Crippen molar-refractivity contribution in [1.29, 1.82) is 0 Å². The van der Waals surface area contributed by atoms with Crippen molar-refractivity contribution in [1.82, 2.24) is 5.32 Å². The van der Waals surface area contributed by atoms with E-state index >= 15 is 0 Å². The summed E-state index contributed by atoms with van der Waals surface area (Å²) >= 11 is 7.22. The molecule has 0 saturated heterocycles. The molecule has 17 heavy (non-hydrogen) atoms. The number of aryl methyl sites for hydroxylation is 1. The molecule has 2 aromatic rings. The Bertz CT molecular complexity index is 549. The van der Waals surface area contributed by atoms with E-state index in [-0.39, 0.29) is 17.8 Å². The van der Waals surface area contributed by atoms with Crippen LogP contribution in [0.4, 0.5) is 0 Å². The largest absolute Gasteiger partial charge is 0.348 e. The van der Waals surface area contributed by atoms with Crippen LogP contribution in [0.15, 0.2) is 24.3 Å². The first kappa shape index (κ1) is 12.4. The van der Waals surface area contributed by atoms with Gasteiger partial charge in [0.05, 0.1) is 6.04 Å². The molecule has 2 nitrogen and oxygen atoms in total. The minimum atomic E-state index is -0.129. The van der Waals surface area contributed by atoms with Gasteiger partial charge in [-0.3, -0.25) is 4.79 Å². The first-order valence-electron chi connectivity index (χ1n) is 5.47. The van der Waals surface area contributed by atoms with E-state index in [0.29, 0.717) is 0 Å². The maximum absolute atomic E-state index is 11.3. The molecule has 0 radical (unpaired) electrons. The van der Waals surface area contributed by atoms with Gasteiger partial charge in [0.15, 0.2) is 0 Å². The number of amides is 1. The zero-order valence-electron chi connectivity index (χ0n) is 9.79. The van der Waals surface area contributed by atoms with Crippen LogP contribution in [0.3, 0.4) is 0 Å². The molecule has 0 saturated carbocycles. The minimum absolute atomic E-state index is 0.00822. The summed E-state index contributed by atoms with van der Waals surface area (Å²) in [4.78, 5) is 12.5. The first-order chi connectivity index (χ1) is 8.13. The zero-order valence-corrected chi connectivity index (χ0v) is 11.4. The SMILES string of the molecule is Cc1c([C@@H](C)NC(=O)CCl)sc2ccccc12. The number of carbonyl (C=O) groups is 1. The topological polar surface area (TPSA) is 29.1 Å². The number of carbonyl (C=O) groups excluding carboxylic acids is 1. The van der Waals surface area contributed by atoms with Crippen molar-refractivity contribution >= 4 is 38.9 Å². The number of thiophene rings is 1. The summed E-state index contributed by atoms with van der Waals surface area (Å²) in [5, 5.41) is 4.15. The van der Waals surface area contributed by atoms with E-state index in [0.717, 1.165) is 0 Å². The molecule has 0 unspecified atom stereocenters. The third-order valence-electron chi connectivity index (χ3n) is 2.77. The molecular weight excluding hydrogens is 254 g/mol. The molecule has 1 aromatic carbocycles. The van der Waals surface area contributed by atoms with Gasteiger partial charge in [-0.1, -0.05) is 18.2 Å². The predicted octanol–water partition coefficient (Wildman–Crippen LogP) is 3.63. The van der Waals surface area contributed by atoms with Crippen LogP contribution in [0.5, 0.6) is 0 Å². The van der Waals surface area contributed by atoms with Gasteiger partial charge < -0.3 is 5.32 Å². The van der Waals surface area contributed by atoms with Crippen molar-refractivity contribution < 1.29 is 4.79 Å². The first-order valence-corrected chi connectivity index (χ1v) is 6.82. The summed E-state index contributed by atoms with van der Waals surface area (Å²) in [5.74, 6) is -0.120. The summed E-state index contributed by atoms with van der Waals surface area (Å²) in [6.45, 7) is 4.08. The number of fused-ring (bicyclic) bond motifs is 1. The number of halogens is 1. The predicted molar refractivity (Wildman–Crippen MR) is 73.8 cm³/mol. The van der Waals surface area contributed by atoms with Crippen LogP contribution in [-0.2, 0) is 4.79 Å². The lowest BCUT2D eigenvalue weighted by Crippen LogP contribution is -2.27. The molecule has 1 N–H and O–H groups in total. The standard InChI is InChI=1S/C13H14ClNOS/c1-8-10-5-3-4-6-11(10)17-13(8)9(2)15-12(16)7-14/h3-6,9H,7H2,1-2H3,(H,15,16)/t9-/m1/s1. The quantitative estimate of drug-likeness (QED) is 0.846. The number of hydrogen-bond donors (Lipinski definition) is 1. The van der Waals surface area contributed by atoms with Crippen molar-refractivity contribution in [3.63, 3.8) is 0 Å². The van der Waals surface area contributed by atoms with Gasteiger partial charge in [-0.15, -0.1) is 22.9 Å². The smallest absolute Gasteiger partial charge is 0.235 e. The fourth-order valence-corrected chi connectivity index (χ4v) is 3.24. The summed E-state index contributed by atoms with van der Waals surface area (Å²) in [6.07, 6.45) is 0. The highest BCUT2D eigenvalue weighted by Gasteiger charge is 2.15. The van der Waals surface area contributed by atoms with Crippen LogP contribution in [0.25, 0.3) is 10.1 Å². The number of rotatable bonds is 3. The molecule has 2 rings (SSSR count). The molecule has 0 aliphatic rings. The second-order valence-electron chi connectivity index (χ2n) is 4.01. The van der Waals surface area contributed by atoms with E-state index in [9.17, 15) is 4.79 Å². The van der Waals surface area contributed by atoms with E-state index in [1.807, 2.05) is 19.1 Å². The molecule has 1 atom stereocenters. The summed E-state index contributed by atoms with van der Waals surface area (Å²) < 4.78 is 1.26. The molecule has 0 aliphatic carbocycles. The third kappa shape index (κ3) is 2.45. The number of hydrogen-bond acceptors (Lipinski definition) is 2. The lowest BCUT2D eigenvalue weighted by molar-refractivity contribution is -0.119. The maximum Gasteiger partial charge on any atom is 0.235 e. The summed E-state index contributed by atoms with van der Waals surface area (Å²) in [7, 11) is 0. The Kier molecular flexibility index (Phi) is 3.69. The second-order valence-corrected chi connectivity index (χ2v) is 5.36. The molecule has 1 heterocycles. The van der Waals surface area contributed by atoms with Gasteiger partial charge in [0.25, 0.3) is 0 Å². The minimum Gasteiger partial charge on any atom is -0.348 e. The van der Waals surface area contributed by atoms with Gasteiger partial charge in [-0.05, 0) is 30.9 Å². The zero-order chi connectivity index (χ0) is 12.4. The van der Waals surface area contributed by atoms with Gasteiger partial charge in [0.2, 0.25) is 5.91 Å². The molecule has 1 amide bonds. The van der Waals surface area contributed by atoms with Crippen molar-refractivity contribution in [3.8, 4) is 0 Å². The van der Waals surface area contributed by atoms with E-state index in [1.54, 1.807) is 11.3 Å². The van der Waals surface area contributed by atoms with Crippen LogP contribution in [0.2, 0.25) is 0 Å². The van der Waals surface area contributed by atoms with Gasteiger partial charge in [0.1, 0.15) is 5.88 Å². The molecule has 0 fully saturated rings. The van der Waals surface area contributed by atoms with E-state index in [2.05, 4.69) is 24.4 Å². The highest BCUT2D eigenvalue weighted by atomic mass is 35.5. The Labute approximate surface area is 110 Å². The van der Waals surface area contributed by atoms with Crippen LogP contribution in [0, 0.1) is 6.92 Å². The van der Waals surface area contributed by atoms with Gasteiger partial charge in [0, 0.05) is 9.58 Å². The van der Waals surface area contributed by atoms with Crippen LogP contribution in [0.1, 0.15) is 23.4 Å². The number of nitrogens with one attached hydrogen (secondary N) is 1. The average molecular weight is 268 g/mol. The lowest BCUT2D eigenvalue weighted by atomic mass is 10.1. The monoisotopic (exact) mass is 267 g/mol. The van der Waals surface area contributed by atoms with Crippen LogP contribution in [-0.4, -0.2) is 11.8 Å². The Morgan fingerprint density at radius 1 is 1.47 bits per heavy atom. The third-order valence-corrected chi connectivity index (χ3v) is 4.47. The van der Waals surface area contributed by atoms with Crippen LogP contribution >= 0.6 is 22.9 Å². The van der Waals surface area contributed by atoms with Gasteiger partial charge in [-0.2, -0.15) is 0 Å². The molecule has 90 valence electrons. The summed E-state index contributed by atoms with van der Waals surface area (Å²) in [5.41, 5.74) is 1.24. The Morgan fingerprint density at radius 3 is 2.82 bits per heavy atom. The van der Waals surface area contributed by atoms with Crippen molar-refractivity contribution in [2.75, 3.05) is 5.88 Å². The highest BCUT2D eigenvalue weighted by molar-refractivity contribution is 7.19. The van der Waals surface area contributed by atoms with Gasteiger partial charge >= 0.3 is 0 Å². The fraction of sp³-hybridized carbons (Fsp3) is 0.308. The lowest BCUT2D eigenvalue weighted by Gasteiger charge is -2.12. The highest BCUT2D eigenvalue weighted by Crippen LogP contribution is 2.34. The van der Waals surface area contributed by atoms with Crippen molar-refractivity contribution in [3.05, 3.63) is 34.7 Å².